The molecule has 0 atom stereocenters. The Hall–Kier alpha value is -7.56. The van der Waals surface area contributed by atoms with Crippen molar-refractivity contribution in [2.24, 2.45) is 0 Å². The molecule has 0 radical (unpaired) electrons. The van der Waals surface area contributed by atoms with Gasteiger partial charge in [0.2, 0.25) is 0 Å². The van der Waals surface area contributed by atoms with E-state index in [0.29, 0.717) is 5.82 Å². The zero-order valence-corrected chi connectivity index (χ0v) is 37.0. The van der Waals surface area contributed by atoms with Crippen molar-refractivity contribution < 1.29 is 8.83 Å². The molecule has 0 saturated heterocycles. The van der Waals surface area contributed by atoms with Gasteiger partial charge in [0, 0.05) is 60.5 Å². The van der Waals surface area contributed by atoms with Gasteiger partial charge in [-0.25, -0.2) is 9.97 Å². The number of benzene rings is 8. The Labute approximate surface area is 373 Å². The molecule has 11 rings (SSSR count). The molecule has 4 nitrogen and oxygen atoms in total. The largest absolute Gasteiger partial charge is 0.455 e. The number of para-hydroxylation sites is 4. The fraction of sp³-hybridized carbons (Fsp3) is 0.133. The SMILES string of the molecule is CC(C)(C)c1cccc2c1oc1c(-c3cc(-c4cc(-c5ccc(-c6ccccc6)cc5)nc(-c5ccccc5)n4)cc(-c4cccc5c4oc4c(C(C)(C)C)cccc45)c3)cccc12. The summed E-state index contributed by atoms with van der Waals surface area (Å²) in [5, 5.41) is 4.42. The Balaban J connectivity index is 1.17. The summed E-state index contributed by atoms with van der Waals surface area (Å²) in [5.41, 5.74) is 16.8. The van der Waals surface area contributed by atoms with Crippen molar-refractivity contribution in [3.63, 3.8) is 0 Å². The van der Waals surface area contributed by atoms with Gasteiger partial charge in [0.1, 0.15) is 22.3 Å². The van der Waals surface area contributed by atoms with Crippen molar-refractivity contribution in [2.75, 3.05) is 0 Å². The molecule has 11 aromatic rings. The molecule has 310 valence electrons. The van der Waals surface area contributed by atoms with Crippen molar-refractivity contribution in [3.05, 3.63) is 193 Å². The molecule has 8 aromatic carbocycles. The summed E-state index contributed by atoms with van der Waals surface area (Å²) in [6, 6.07) is 64.3. The topological polar surface area (TPSA) is 52.1 Å². The van der Waals surface area contributed by atoms with Crippen LogP contribution in [0, 0.1) is 0 Å². The highest BCUT2D eigenvalue weighted by Crippen LogP contribution is 2.45. The number of nitrogens with zero attached hydrogens (tertiary/aromatic N) is 2. The van der Waals surface area contributed by atoms with E-state index in [1.165, 1.54) is 16.7 Å². The number of hydrogen-bond acceptors (Lipinski definition) is 4. The van der Waals surface area contributed by atoms with E-state index in [0.717, 1.165) is 99.8 Å². The van der Waals surface area contributed by atoms with Crippen LogP contribution in [0.25, 0.3) is 111 Å². The van der Waals surface area contributed by atoms with Gasteiger partial charge in [0.25, 0.3) is 0 Å². The third kappa shape index (κ3) is 6.87. The maximum atomic E-state index is 6.99. The molecule has 4 heteroatoms. The minimum atomic E-state index is -0.0954. The Kier molecular flexibility index (Phi) is 9.25. The Morgan fingerprint density at radius 3 is 1.19 bits per heavy atom. The molecule has 0 aliphatic carbocycles. The summed E-state index contributed by atoms with van der Waals surface area (Å²) in [4.78, 5) is 10.6. The van der Waals surface area contributed by atoms with E-state index in [9.17, 15) is 0 Å². The lowest BCUT2D eigenvalue weighted by Gasteiger charge is -2.18. The molecule has 0 N–H and O–H groups in total. The minimum Gasteiger partial charge on any atom is -0.455 e. The number of rotatable bonds is 6. The average Bonchev–Trinajstić information content (AvgIpc) is 3.90. The fourth-order valence-electron chi connectivity index (χ4n) is 9.29. The van der Waals surface area contributed by atoms with Gasteiger partial charge >= 0.3 is 0 Å². The lowest BCUT2D eigenvalue weighted by atomic mass is 9.86. The first-order valence-electron chi connectivity index (χ1n) is 22.1. The monoisotopic (exact) mass is 828 g/mol. The molecule has 0 spiro atoms. The highest BCUT2D eigenvalue weighted by molar-refractivity contribution is 6.12. The third-order valence-electron chi connectivity index (χ3n) is 12.6. The number of furan rings is 2. The second-order valence-electron chi connectivity index (χ2n) is 19.0. The molecule has 3 aromatic heterocycles. The van der Waals surface area contributed by atoms with E-state index >= 15 is 0 Å². The van der Waals surface area contributed by atoms with E-state index in [2.05, 4.69) is 199 Å². The summed E-state index contributed by atoms with van der Waals surface area (Å²) in [6.07, 6.45) is 0. The lowest BCUT2D eigenvalue weighted by Crippen LogP contribution is -2.10. The van der Waals surface area contributed by atoms with Gasteiger partial charge < -0.3 is 8.83 Å². The highest BCUT2D eigenvalue weighted by atomic mass is 16.3. The van der Waals surface area contributed by atoms with Crippen molar-refractivity contribution in [1.29, 1.82) is 0 Å². The smallest absolute Gasteiger partial charge is 0.160 e. The molecule has 0 unspecified atom stereocenters. The predicted molar refractivity (Wildman–Crippen MR) is 267 cm³/mol. The molecule has 0 bridgehead atoms. The molecule has 0 aliphatic rings. The van der Waals surface area contributed by atoms with Gasteiger partial charge in [-0.2, -0.15) is 0 Å². The van der Waals surface area contributed by atoms with Crippen molar-refractivity contribution in [3.8, 4) is 67.3 Å². The molecule has 0 aliphatic heterocycles. The van der Waals surface area contributed by atoms with Crippen LogP contribution in [0.5, 0.6) is 0 Å². The van der Waals surface area contributed by atoms with Crippen LogP contribution in [0.15, 0.2) is 191 Å². The number of fused-ring (bicyclic) bond motifs is 6. The van der Waals surface area contributed by atoms with Crippen LogP contribution in [0.3, 0.4) is 0 Å². The van der Waals surface area contributed by atoms with Crippen molar-refractivity contribution in [2.45, 2.75) is 52.4 Å². The van der Waals surface area contributed by atoms with Gasteiger partial charge in [-0.3, -0.25) is 0 Å². The van der Waals surface area contributed by atoms with Gasteiger partial charge in [-0.15, -0.1) is 0 Å². The van der Waals surface area contributed by atoms with E-state index in [4.69, 9.17) is 18.8 Å². The van der Waals surface area contributed by atoms with Gasteiger partial charge in [0.15, 0.2) is 5.82 Å². The molecular weight excluding hydrogens is 781 g/mol. The van der Waals surface area contributed by atoms with Crippen molar-refractivity contribution >= 4 is 43.9 Å². The molecule has 3 heterocycles. The summed E-state index contributed by atoms with van der Waals surface area (Å²) in [6.45, 7) is 13.5. The average molecular weight is 829 g/mol. The summed E-state index contributed by atoms with van der Waals surface area (Å²) in [7, 11) is 0. The standard InChI is InChI=1S/C60H48N2O2/c1-59(2,3)50-27-15-25-48-46-23-13-21-44(54(46)63-56(48)50)41-33-42(45-22-14-24-47-49-26-16-28-51(60(4,5)6)57(49)64-55(45)47)35-43(34-41)53-36-52(61-58(62-53)40-19-11-8-12-20-40)39-31-29-38(30-32-39)37-17-9-7-10-18-37/h7-36H,1-6H3. The Bertz CT molecular complexity index is 3400. The second-order valence-corrected chi connectivity index (χ2v) is 19.0. The lowest BCUT2D eigenvalue weighted by molar-refractivity contribution is 0.572. The summed E-state index contributed by atoms with van der Waals surface area (Å²) >= 11 is 0. The van der Waals surface area contributed by atoms with Gasteiger partial charge in [0.05, 0.1) is 11.4 Å². The van der Waals surface area contributed by atoms with Crippen LogP contribution in [0.4, 0.5) is 0 Å². The number of aromatic nitrogens is 2. The first-order valence-corrected chi connectivity index (χ1v) is 22.1. The normalized spacial score (nSPS) is 12.2. The zero-order chi connectivity index (χ0) is 43.7. The maximum absolute atomic E-state index is 6.99. The third-order valence-corrected chi connectivity index (χ3v) is 12.6. The maximum Gasteiger partial charge on any atom is 0.160 e. The number of hydrogen-bond donors (Lipinski definition) is 0. The molecule has 0 amide bonds. The molecule has 64 heavy (non-hydrogen) atoms. The molecule has 0 fully saturated rings. The summed E-state index contributed by atoms with van der Waals surface area (Å²) in [5.74, 6) is 0.662. The van der Waals surface area contributed by atoms with Crippen LogP contribution in [-0.2, 0) is 10.8 Å². The first kappa shape index (κ1) is 39.3. The van der Waals surface area contributed by atoms with Gasteiger partial charge in [-0.05, 0) is 57.3 Å². The predicted octanol–water partition coefficient (Wildman–Crippen LogP) is 16.9. The first-order chi connectivity index (χ1) is 31.0. The fourth-order valence-corrected chi connectivity index (χ4v) is 9.29. The second kappa shape index (κ2) is 15.1. The van der Waals surface area contributed by atoms with Crippen LogP contribution in [-0.4, -0.2) is 9.97 Å². The van der Waals surface area contributed by atoms with Crippen molar-refractivity contribution in [1.82, 2.24) is 9.97 Å². The van der Waals surface area contributed by atoms with E-state index in [1.807, 2.05) is 24.3 Å². The highest BCUT2D eigenvalue weighted by Gasteiger charge is 2.25. The van der Waals surface area contributed by atoms with Crippen LogP contribution < -0.4 is 0 Å². The Morgan fingerprint density at radius 1 is 0.312 bits per heavy atom. The van der Waals surface area contributed by atoms with E-state index in [1.54, 1.807) is 0 Å². The van der Waals surface area contributed by atoms with E-state index in [-0.39, 0.29) is 10.8 Å². The molecular formula is C60H48N2O2. The summed E-state index contributed by atoms with van der Waals surface area (Å²) < 4.78 is 14.0. The minimum absolute atomic E-state index is 0.0954. The van der Waals surface area contributed by atoms with Crippen LogP contribution >= 0.6 is 0 Å². The van der Waals surface area contributed by atoms with Crippen LogP contribution in [0.2, 0.25) is 0 Å². The van der Waals surface area contributed by atoms with Crippen LogP contribution in [0.1, 0.15) is 52.7 Å². The molecule has 0 saturated carbocycles. The Morgan fingerprint density at radius 2 is 0.703 bits per heavy atom. The van der Waals surface area contributed by atoms with Gasteiger partial charge in [-0.1, -0.05) is 199 Å². The zero-order valence-electron chi connectivity index (χ0n) is 37.0. The quantitative estimate of drug-likeness (QED) is 0.168. The van der Waals surface area contributed by atoms with E-state index < -0.39 is 0 Å².